The Labute approximate surface area is 93.2 Å². The van der Waals surface area contributed by atoms with E-state index in [2.05, 4.69) is 26.1 Å². The first-order valence-electron chi connectivity index (χ1n) is 6.03. The Morgan fingerprint density at radius 1 is 1.53 bits per heavy atom. The maximum absolute atomic E-state index is 8.93. The number of aliphatic hydroxyl groups is 1. The molecule has 2 unspecified atom stereocenters. The summed E-state index contributed by atoms with van der Waals surface area (Å²) in [5.74, 6) is 0. The Bertz CT molecular complexity index is 176. The lowest BCUT2D eigenvalue weighted by atomic mass is 9.98. The van der Waals surface area contributed by atoms with Crippen molar-refractivity contribution in [3.63, 3.8) is 0 Å². The van der Waals surface area contributed by atoms with E-state index in [0.29, 0.717) is 12.1 Å². The van der Waals surface area contributed by atoms with Gasteiger partial charge < -0.3 is 15.2 Å². The molecule has 1 fully saturated rings. The molecule has 0 amide bonds. The highest BCUT2D eigenvalue weighted by Gasteiger charge is 2.23. The molecule has 2 atom stereocenters. The molecule has 15 heavy (non-hydrogen) atoms. The number of ether oxygens (including phenoxy) is 1. The van der Waals surface area contributed by atoms with E-state index in [9.17, 15) is 0 Å². The Morgan fingerprint density at radius 3 is 2.80 bits per heavy atom. The predicted octanol–water partition coefficient (Wildman–Crippen LogP) is 1.69. The molecular weight excluding hydrogens is 190 g/mol. The van der Waals surface area contributed by atoms with Gasteiger partial charge in [0, 0.05) is 24.8 Å². The molecule has 0 radical (unpaired) electrons. The zero-order valence-electron chi connectivity index (χ0n) is 10.3. The molecular formula is C12H25NO2. The first kappa shape index (κ1) is 12.9. The molecule has 1 rings (SSSR count). The molecule has 90 valence electrons. The van der Waals surface area contributed by atoms with E-state index in [-0.39, 0.29) is 12.1 Å². The van der Waals surface area contributed by atoms with E-state index < -0.39 is 0 Å². The van der Waals surface area contributed by atoms with Crippen molar-refractivity contribution in [3.8, 4) is 0 Å². The fraction of sp³-hybridized carbons (Fsp3) is 1.00. The quantitative estimate of drug-likeness (QED) is 0.708. The Morgan fingerprint density at radius 2 is 2.27 bits per heavy atom. The standard InChI is InChI=1S/C12H25NO2/c1-10(9-11-5-4-8-15-11)13-12(2,3)6-7-14/h10-11,13-14H,4-9H2,1-3H3. The van der Waals surface area contributed by atoms with Crippen LogP contribution in [0.3, 0.4) is 0 Å². The van der Waals surface area contributed by atoms with E-state index in [1.165, 1.54) is 12.8 Å². The second-order valence-corrected chi connectivity index (χ2v) is 5.27. The maximum Gasteiger partial charge on any atom is 0.0590 e. The summed E-state index contributed by atoms with van der Waals surface area (Å²) in [6.07, 6.45) is 4.72. The number of rotatable bonds is 6. The summed E-state index contributed by atoms with van der Waals surface area (Å²) in [7, 11) is 0. The lowest BCUT2D eigenvalue weighted by molar-refractivity contribution is 0.0914. The Kier molecular flexibility index (Phi) is 5.03. The molecule has 3 heteroatoms. The van der Waals surface area contributed by atoms with Crippen LogP contribution in [-0.4, -0.2) is 36.0 Å². The fourth-order valence-corrected chi connectivity index (χ4v) is 2.30. The van der Waals surface area contributed by atoms with Gasteiger partial charge in [0.05, 0.1) is 6.10 Å². The number of aliphatic hydroxyl groups excluding tert-OH is 1. The van der Waals surface area contributed by atoms with Crippen LogP contribution in [0.4, 0.5) is 0 Å². The second kappa shape index (κ2) is 5.83. The van der Waals surface area contributed by atoms with Gasteiger partial charge in [-0.3, -0.25) is 0 Å². The first-order chi connectivity index (χ1) is 7.03. The Hall–Kier alpha value is -0.120. The fourth-order valence-electron chi connectivity index (χ4n) is 2.30. The molecule has 1 heterocycles. The molecule has 0 spiro atoms. The Balaban J connectivity index is 2.24. The van der Waals surface area contributed by atoms with Crippen molar-refractivity contribution in [2.75, 3.05) is 13.2 Å². The van der Waals surface area contributed by atoms with Crippen molar-refractivity contribution in [1.82, 2.24) is 5.32 Å². The third-order valence-corrected chi connectivity index (χ3v) is 3.01. The minimum absolute atomic E-state index is 0.0206. The lowest BCUT2D eigenvalue weighted by Gasteiger charge is -2.30. The second-order valence-electron chi connectivity index (χ2n) is 5.27. The zero-order valence-corrected chi connectivity index (χ0v) is 10.3. The highest BCUT2D eigenvalue weighted by atomic mass is 16.5. The van der Waals surface area contributed by atoms with Crippen molar-refractivity contribution in [3.05, 3.63) is 0 Å². The number of nitrogens with one attached hydrogen (secondary N) is 1. The van der Waals surface area contributed by atoms with Gasteiger partial charge in [-0.15, -0.1) is 0 Å². The molecule has 0 saturated carbocycles. The van der Waals surface area contributed by atoms with E-state index in [1.54, 1.807) is 0 Å². The van der Waals surface area contributed by atoms with Crippen LogP contribution in [0.5, 0.6) is 0 Å². The van der Waals surface area contributed by atoms with Crippen LogP contribution in [0.1, 0.15) is 46.5 Å². The highest BCUT2D eigenvalue weighted by molar-refractivity contribution is 4.82. The smallest absolute Gasteiger partial charge is 0.0590 e. The SMILES string of the molecule is CC(CC1CCCO1)NC(C)(C)CCO. The third-order valence-electron chi connectivity index (χ3n) is 3.01. The van der Waals surface area contributed by atoms with E-state index in [4.69, 9.17) is 9.84 Å². The maximum atomic E-state index is 8.93. The molecule has 2 N–H and O–H groups in total. The van der Waals surface area contributed by atoms with Gasteiger partial charge in [0.1, 0.15) is 0 Å². The van der Waals surface area contributed by atoms with Gasteiger partial charge in [-0.1, -0.05) is 0 Å². The van der Waals surface area contributed by atoms with Gasteiger partial charge in [0.15, 0.2) is 0 Å². The van der Waals surface area contributed by atoms with Gasteiger partial charge in [-0.05, 0) is 46.5 Å². The van der Waals surface area contributed by atoms with Crippen molar-refractivity contribution < 1.29 is 9.84 Å². The van der Waals surface area contributed by atoms with Gasteiger partial charge >= 0.3 is 0 Å². The van der Waals surface area contributed by atoms with Crippen LogP contribution < -0.4 is 5.32 Å². The van der Waals surface area contributed by atoms with Crippen molar-refractivity contribution in [1.29, 1.82) is 0 Å². The van der Waals surface area contributed by atoms with Crippen molar-refractivity contribution >= 4 is 0 Å². The minimum atomic E-state index is 0.0206. The highest BCUT2D eigenvalue weighted by Crippen LogP contribution is 2.18. The number of hydrogen-bond donors (Lipinski definition) is 2. The normalized spacial score (nSPS) is 24.4. The molecule has 1 aliphatic heterocycles. The molecule has 1 saturated heterocycles. The largest absolute Gasteiger partial charge is 0.396 e. The van der Waals surface area contributed by atoms with Crippen LogP contribution in [0, 0.1) is 0 Å². The summed E-state index contributed by atoms with van der Waals surface area (Å²) >= 11 is 0. The molecule has 1 aliphatic rings. The summed E-state index contributed by atoms with van der Waals surface area (Å²) in [5.41, 5.74) is 0.0206. The van der Waals surface area contributed by atoms with Gasteiger partial charge in [0.2, 0.25) is 0 Å². The van der Waals surface area contributed by atoms with E-state index >= 15 is 0 Å². The molecule has 0 bridgehead atoms. The molecule has 0 aromatic carbocycles. The lowest BCUT2D eigenvalue weighted by Crippen LogP contribution is -2.46. The number of hydrogen-bond acceptors (Lipinski definition) is 3. The summed E-state index contributed by atoms with van der Waals surface area (Å²) in [6, 6.07) is 0.453. The van der Waals surface area contributed by atoms with E-state index in [0.717, 1.165) is 19.4 Å². The van der Waals surface area contributed by atoms with Gasteiger partial charge in [-0.25, -0.2) is 0 Å². The van der Waals surface area contributed by atoms with Crippen molar-refractivity contribution in [2.45, 2.75) is 64.1 Å². The topological polar surface area (TPSA) is 41.5 Å². The van der Waals surface area contributed by atoms with E-state index in [1.807, 2.05) is 0 Å². The monoisotopic (exact) mass is 215 g/mol. The molecule has 0 aliphatic carbocycles. The molecule has 0 aromatic heterocycles. The summed E-state index contributed by atoms with van der Waals surface area (Å²) in [6.45, 7) is 7.63. The summed E-state index contributed by atoms with van der Waals surface area (Å²) in [5, 5.41) is 12.5. The van der Waals surface area contributed by atoms with Gasteiger partial charge in [-0.2, -0.15) is 0 Å². The summed E-state index contributed by atoms with van der Waals surface area (Å²) in [4.78, 5) is 0. The van der Waals surface area contributed by atoms with Crippen LogP contribution in [-0.2, 0) is 4.74 Å². The van der Waals surface area contributed by atoms with Gasteiger partial charge in [0.25, 0.3) is 0 Å². The van der Waals surface area contributed by atoms with Crippen LogP contribution in [0.25, 0.3) is 0 Å². The van der Waals surface area contributed by atoms with Crippen LogP contribution >= 0.6 is 0 Å². The molecule has 3 nitrogen and oxygen atoms in total. The van der Waals surface area contributed by atoms with Crippen LogP contribution in [0.15, 0.2) is 0 Å². The zero-order chi connectivity index (χ0) is 11.3. The summed E-state index contributed by atoms with van der Waals surface area (Å²) < 4.78 is 5.61. The van der Waals surface area contributed by atoms with Crippen molar-refractivity contribution in [2.24, 2.45) is 0 Å². The minimum Gasteiger partial charge on any atom is -0.396 e. The first-order valence-corrected chi connectivity index (χ1v) is 6.03. The molecule has 0 aromatic rings. The average Bonchev–Trinajstić information content (AvgIpc) is 2.54. The third kappa shape index (κ3) is 4.96. The average molecular weight is 215 g/mol. The van der Waals surface area contributed by atoms with Crippen LogP contribution in [0.2, 0.25) is 0 Å². The predicted molar refractivity (Wildman–Crippen MR) is 62.0 cm³/mol.